The Morgan fingerprint density at radius 3 is 2.34 bits per heavy atom. The fraction of sp³-hybridized carbons (Fsp3) is 0.304. The van der Waals surface area contributed by atoms with E-state index < -0.39 is 5.91 Å². The Morgan fingerprint density at radius 1 is 1.07 bits per heavy atom. The number of ether oxygens (including phenoxy) is 3. The van der Waals surface area contributed by atoms with Gasteiger partial charge in [0.25, 0.3) is 5.91 Å². The third-order valence-corrected chi connectivity index (χ3v) is 3.73. The van der Waals surface area contributed by atoms with E-state index in [-0.39, 0.29) is 11.7 Å². The van der Waals surface area contributed by atoms with Gasteiger partial charge in [0.15, 0.2) is 11.5 Å². The van der Waals surface area contributed by atoms with Crippen LogP contribution in [0.5, 0.6) is 17.2 Å². The van der Waals surface area contributed by atoms with Gasteiger partial charge in [0, 0.05) is 5.69 Å². The van der Waals surface area contributed by atoms with E-state index in [1.54, 1.807) is 42.5 Å². The van der Waals surface area contributed by atoms with Crippen LogP contribution >= 0.6 is 0 Å². The van der Waals surface area contributed by atoms with Crippen molar-refractivity contribution in [3.8, 4) is 23.3 Å². The number of amides is 1. The molecule has 6 nitrogen and oxygen atoms in total. The normalized spacial score (nSPS) is 11.0. The van der Waals surface area contributed by atoms with Gasteiger partial charge in [-0.05, 0) is 75.7 Å². The van der Waals surface area contributed by atoms with Gasteiger partial charge in [-0.25, -0.2) is 0 Å². The average molecular weight is 394 g/mol. The van der Waals surface area contributed by atoms with Gasteiger partial charge in [-0.3, -0.25) is 4.79 Å². The minimum Gasteiger partial charge on any atom is -0.494 e. The van der Waals surface area contributed by atoms with Crippen molar-refractivity contribution in [2.75, 3.05) is 18.5 Å². The second-order valence-electron chi connectivity index (χ2n) is 6.39. The summed E-state index contributed by atoms with van der Waals surface area (Å²) in [5.74, 6) is 1.42. The van der Waals surface area contributed by atoms with E-state index in [0.717, 1.165) is 0 Å². The first-order valence-corrected chi connectivity index (χ1v) is 9.56. The Labute approximate surface area is 171 Å². The van der Waals surface area contributed by atoms with Crippen LogP contribution in [0.2, 0.25) is 0 Å². The largest absolute Gasteiger partial charge is 0.494 e. The molecule has 0 saturated heterocycles. The van der Waals surface area contributed by atoms with Crippen LogP contribution in [-0.4, -0.2) is 25.2 Å². The second kappa shape index (κ2) is 10.8. The first-order valence-electron chi connectivity index (χ1n) is 9.56. The minimum absolute atomic E-state index is 0.00478. The van der Waals surface area contributed by atoms with Gasteiger partial charge in [0.05, 0.1) is 19.3 Å². The predicted octanol–water partition coefficient (Wildman–Crippen LogP) is 4.82. The molecule has 0 unspecified atom stereocenters. The molecule has 0 heterocycles. The number of nitriles is 1. The third kappa shape index (κ3) is 6.58. The fourth-order valence-corrected chi connectivity index (χ4v) is 2.55. The molecule has 0 spiro atoms. The molecule has 0 aliphatic heterocycles. The van der Waals surface area contributed by atoms with Gasteiger partial charge in [-0.1, -0.05) is 6.07 Å². The number of hydrogen-bond acceptors (Lipinski definition) is 5. The summed E-state index contributed by atoms with van der Waals surface area (Å²) in [4.78, 5) is 12.5. The first-order chi connectivity index (χ1) is 14.0. The standard InChI is InChI=1S/C23H26N2O4/c1-5-27-20-10-8-19(9-11-20)25-23(26)18(15-24)13-17-7-12-21(29-16(3)4)22(14-17)28-6-2/h7-14,16H,5-6H2,1-4H3,(H,25,26)/b18-13+. The van der Waals surface area contributed by atoms with Crippen molar-refractivity contribution in [1.82, 2.24) is 0 Å². The fourth-order valence-electron chi connectivity index (χ4n) is 2.55. The quantitative estimate of drug-likeness (QED) is 0.487. The number of benzene rings is 2. The highest BCUT2D eigenvalue weighted by Crippen LogP contribution is 2.30. The van der Waals surface area contributed by atoms with Crippen molar-refractivity contribution in [2.24, 2.45) is 0 Å². The summed E-state index contributed by atoms with van der Waals surface area (Å²) in [7, 11) is 0. The molecule has 0 aromatic heterocycles. The summed E-state index contributed by atoms with van der Waals surface area (Å²) in [6.45, 7) is 8.69. The molecule has 0 aliphatic rings. The number of nitrogens with zero attached hydrogens (tertiary/aromatic N) is 1. The number of nitrogens with one attached hydrogen (secondary N) is 1. The van der Waals surface area contributed by atoms with Crippen molar-refractivity contribution in [2.45, 2.75) is 33.8 Å². The Bertz CT molecular complexity index is 896. The highest BCUT2D eigenvalue weighted by molar-refractivity contribution is 6.09. The second-order valence-corrected chi connectivity index (χ2v) is 6.39. The lowest BCUT2D eigenvalue weighted by Gasteiger charge is -2.15. The van der Waals surface area contributed by atoms with E-state index in [4.69, 9.17) is 14.2 Å². The summed E-state index contributed by atoms with van der Waals surface area (Å²) in [5.41, 5.74) is 1.23. The lowest BCUT2D eigenvalue weighted by Crippen LogP contribution is -2.13. The lowest BCUT2D eigenvalue weighted by molar-refractivity contribution is -0.112. The molecule has 0 atom stereocenters. The molecule has 0 bridgehead atoms. The van der Waals surface area contributed by atoms with Crippen LogP contribution in [0.3, 0.4) is 0 Å². The van der Waals surface area contributed by atoms with Gasteiger partial charge in [0.2, 0.25) is 0 Å². The Balaban J connectivity index is 2.20. The molecule has 152 valence electrons. The Morgan fingerprint density at radius 2 is 1.76 bits per heavy atom. The van der Waals surface area contributed by atoms with E-state index in [2.05, 4.69) is 5.32 Å². The molecule has 0 radical (unpaired) electrons. The zero-order chi connectivity index (χ0) is 21.2. The molecule has 0 aliphatic carbocycles. The summed E-state index contributed by atoms with van der Waals surface area (Å²) in [6.07, 6.45) is 1.52. The topological polar surface area (TPSA) is 80.6 Å². The molecule has 1 amide bonds. The zero-order valence-corrected chi connectivity index (χ0v) is 17.2. The van der Waals surface area contributed by atoms with Gasteiger partial charge >= 0.3 is 0 Å². The molecule has 2 aromatic carbocycles. The Hall–Kier alpha value is -3.46. The minimum atomic E-state index is -0.489. The monoisotopic (exact) mass is 394 g/mol. The van der Waals surface area contributed by atoms with Crippen molar-refractivity contribution >= 4 is 17.7 Å². The summed E-state index contributed by atoms with van der Waals surface area (Å²) < 4.78 is 16.7. The molecule has 1 N–H and O–H groups in total. The molecule has 2 rings (SSSR count). The van der Waals surface area contributed by atoms with Crippen molar-refractivity contribution in [3.05, 3.63) is 53.6 Å². The molecular formula is C23H26N2O4. The summed E-state index contributed by atoms with van der Waals surface area (Å²) >= 11 is 0. The predicted molar refractivity (Wildman–Crippen MR) is 113 cm³/mol. The molecule has 29 heavy (non-hydrogen) atoms. The van der Waals surface area contributed by atoms with E-state index in [1.807, 2.05) is 33.8 Å². The molecule has 6 heteroatoms. The SMILES string of the molecule is CCOc1ccc(NC(=O)/C(C#N)=C/c2ccc(OC(C)C)c(OCC)c2)cc1. The number of carbonyl (C=O) groups excluding carboxylic acids is 1. The van der Waals surface area contributed by atoms with Crippen LogP contribution in [0, 0.1) is 11.3 Å². The zero-order valence-electron chi connectivity index (χ0n) is 17.2. The van der Waals surface area contributed by atoms with Crippen molar-refractivity contribution in [3.63, 3.8) is 0 Å². The molecular weight excluding hydrogens is 368 g/mol. The van der Waals surface area contributed by atoms with Crippen LogP contribution in [0.15, 0.2) is 48.0 Å². The van der Waals surface area contributed by atoms with Crippen LogP contribution in [0.25, 0.3) is 6.08 Å². The smallest absolute Gasteiger partial charge is 0.266 e. The van der Waals surface area contributed by atoms with E-state index in [0.29, 0.717) is 41.7 Å². The highest BCUT2D eigenvalue weighted by atomic mass is 16.5. The average Bonchev–Trinajstić information content (AvgIpc) is 2.69. The molecule has 0 fully saturated rings. The highest BCUT2D eigenvalue weighted by Gasteiger charge is 2.12. The van der Waals surface area contributed by atoms with E-state index >= 15 is 0 Å². The summed E-state index contributed by atoms with van der Waals surface area (Å²) in [5, 5.41) is 12.2. The van der Waals surface area contributed by atoms with Crippen LogP contribution in [0.4, 0.5) is 5.69 Å². The Kier molecular flexibility index (Phi) is 8.11. The number of anilines is 1. The number of rotatable bonds is 9. The number of hydrogen-bond donors (Lipinski definition) is 1. The lowest BCUT2D eigenvalue weighted by atomic mass is 10.1. The third-order valence-electron chi connectivity index (χ3n) is 3.73. The van der Waals surface area contributed by atoms with Crippen molar-refractivity contribution < 1.29 is 19.0 Å². The van der Waals surface area contributed by atoms with Gasteiger partial charge in [0.1, 0.15) is 17.4 Å². The number of carbonyl (C=O) groups is 1. The summed E-state index contributed by atoms with van der Waals surface area (Å²) in [6, 6.07) is 14.2. The van der Waals surface area contributed by atoms with E-state index in [1.165, 1.54) is 6.08 Å². The molecule has 2 aromatic rings. The van der Waals surface area contributed by atoms with Gasteiger partial charge < -0.3 is 19.5 Å². The van der Waals surface area contributed by atoms with Crippen LogP contribution in [-0.2, 0) is 4.79 Å². The van der Waals surface area contributed by atoms with Gasteiger partial charge in [-0.15, -0.1) is 0 Å². The maximum Gasteiger partial charge on any atom is 0.266 e. The maximum absolute atomic E-state index is 12.5. The maximum atomic E-state index is 12.5. The molecule has 0 saturated carbocycles. The van der Waals surface area contributed by atoms with E-state index in [9.17, 15) is 10.1 Å². The van der Waals surface area contributed by atoms with Crippen molar-refractivity contribution in [1.29, 1.82) is 5.26 Å². The first kappa shape index (κ1) is 21.8. The van der Waals surface area contributed by atoms with Crippen LogP contribution in [0.1, 0.15) is 33.3 Å². The van der Waals surface area contributed by atoms with Gasteiger partial charge in [-0.2, -0.15) is 5.26 Å². The van der Waals surface area contributed by atoms with Crippen LogP contribution < -0.4 is 19.5 Å².